The molecule has 0 saturated heterocycles. The Balaban J connectivity index is 1.87. The number of rotatable bonds is 1. The Morgan fingerprint density at radius 1 is 1.11 bits per heavy atom. The molecule has 0 aliphatic heterocycles. The summed E-state index contributed by atoms with van der Waals surface area (Å²) in [5.74, 6) is 1.81. The molecule has 96 valence electrons. The van der Waals surface area contributed by atoms with Gasteiger partial charge in [0, 0.05) is 0 Å². The highest BCUT2D eigenvalue weighted by Gasteiger charge is 2.45. The van der Waals surface area contributed by atoms with Crippen molar-refractivity contribution in [2.45, 2.75) is 46.5 Å². The van der Waals surface area contributed by atoms with Crippen molar-refractivity contribution in [1.82, 2.24) is 0 Å². The summed E-state index contributed by atoms with van der Waals surface area (Å²) >= 11 is 0. The average molecular weight is 240 g/mol. The third-order valence-electron chi connectivity index (χ3n) is 5.68. The van der Waals surface area contributed by atoms with E-state index in [1.165, 1.54) is 36.8 Å². The molecule has 1 aromatic carbocycles. The van der Waals surface area contributed by atoms with Gasteiger partial charge in [0.1, 0.15) is 0 Å². The first kappa shape index (κ1) is 12.0. The van der Waals surface area contributed by atoms with Crippen molar-refractivity contribution in [2.24, 2.45) is 17.3 Å². The maximum absolute atomic E-state index is 2.52. The molecule has 0 amide bonds. The lowest BCUT2D eigenvalue weighted by Crippen LogP contribution is -2.29. The van der Waals surface area contributed by atoms with E-state index in [0.717, 1.165) is 11.8 Å². The average Bonchev–Trinajstić information content (AvgIpc) is 2.66. The van der Waals surface area contributed by atoms with Crippen LogP contribution in [0.25, 0.3) is 5.57 Å². The topological polar surface area (TPSA) is 0 Å². The van der Waals surface area contributed by atoms with Gasteiger partial charge in [-0.15, -0.1) is 0 Å². The van der Waals surface area contributed by atoms with Crippen LogP contribution < -0.4 is 0 Å². The molecule has 0 heterocycles. The van der Waals surface area contributed by atoms with Crippen LogP contribution in [0.5, 0.6) is 0 Å². The van der Waals surface area contributed by atoms with Gasteiger partial charge in [-0.1, -0.05) is 49.8 Å². The Hall–Kier alpha value is -1.04. The molecule has 2 aliphatic rings. The van der Waals surface area contributed by atoms with Gasteiger partial charge in [-0.3, -0.25) is 0 Å². The predicted molar refractivity (Wildman–Crippen MR) is 78.4 cm³/mol. The second kappa shape index (κ2) is 4.26. The lowest BCUT2D eigenvalue weighted by Gasteiger charge is -2.39. The Kier molecular flexibility index (Phi) is 2.84. The molecule has 0 radical (unpaired) electrons. The van der Waals surface area contributed by atoms with Crippen LogP contribution in [0.3, 0.4) is 0 Å². The Morgan fingerprint density at radius 2 is 1.83 bits per heavy atom. The summed E-state index contributed by atoms with van der Waals surface area (Å²) in [6.45, 7) is 7.12. The highest BCUT2D eigenvalue weighted by molar-refractivity contribution is 5.67. The summed E-state index contributed by atoms with van der Waals surface area (Å²) in [6, 6.07) is 9.06. The van der Waals surface area contributed by atoms with Crippen molar-refractivity contribution >= 4 is 5.57 Å². The Morgan fingerprint density at radius 3 is 2.56 bits per heavy atom. The molecule has 1 fully saturated rings. The summed E-state index contributed by atoms with van der Waals surface area (Å²) in [5, 5.41) is 0. The molecule has 1 aromatic rings. The van der Waals surface area contributed by atoms with Gasteiger partial charge < -0.3 is 0 Å². The van der Waals surface area contributed by atoms with E-state index in [9.17, 15) is 0 Å². The zero-order valence-corrected chi connectivity index (χ0v) is 11.9. The van der Waals surface area contributed by atoms with E-state index < -0.39 is 0 Å². The van der Waals surface area contributed by atoms with Gasteiger partial charge in [-0.2, -0.15) is 0 Å². The van der Waals surface area contributed by atoms with Crippen LogP contribution >= 0.6 is 0 Å². The van der Waals surface area contributed by atoms with Crippen molar-refractivity contribution in [3.63, 3.8) is 0 Å². The summed E-state index contributed by atoms with van der Waals surface area (Å²) in [5.41, 5.74) is 4.97. The van der Waals surface area contributed by atoms with E-state index in [1.54, 1.807) is 5.57 Å². The number of aryl methyl sites for hydroxylation is 1. The Labute approximate surface area is 111 Å². The smallest absolute Gasteiger partial charge is 0.0227 e. The van der Waals surface area contributed by atoms with Gasteiger partial charge in [0.2, 0.25) is 0 Å². The van der Waals surface area contributed by atoms with Gasteiger partial charge in [-0.05, 0) is 61.0 Å². The molecule has 0 heteroatoms. The SMILES string of the molecule is Cc1ccc(C2=CCC3(C)C(C)CCC3C2)cc1. The maximum Gasteiger partial charge on any atom is -0.0227 e. The first-order valence-corrected chi connectivity index (χ1v) is 7.35. The largest absolute Gasteiger partial charge is 0.0801 e. The molecule has 0 bridgehead atoms. The third kappa shape index (κ3) is 1.83. The lowest BCUT2D eigenvalue weighted by atomic mass is 9.66. The second-order valence-electron chi connectivity index (χ2n) is 6.68. The fourth-order valence-corrected chi connectivity index (χ4v) is 3.91. The number of allylic oxidation sites excluding steroid dienone is 2. The zero-order valence-electron chi connectivity index (χ0n) is 11.9. The molecule has 18 heavy (non-hydrogen) atoms. The third-order valence-corrected chi connectivity index (χ3v) is 5.68. The van der Waals surface area contributed by atoms with Gasteiger partial charge in [0.25, 0.3) is 0 Å². The van der Waals surface area contributed by atoms with Crippen molar-refractivity contribution in [3.8, 4) is 0 Å². The highest BCUT2D eigenvalue weighted by Crippen LogP contribution is 2.55. The first-order chi connectivity index (χ1) is 8.59. The number of hydrogen-bond acceptors (Lipinski definition) is 0. The van der Waals surface area contributed by atoms with Gasteiger partial charge in [0.05, 0.1) is 0 Å². The van der Waals surface area contributed by atoms with Crippen molar-refractivity contribution < 1.29 is 0 Å². The number of fused-ring (bicyclic) bond motifs is 1. The van der Waals surface area contributed by atoms with Crippen molar-refractivity contribution in [1.29, 1.82) is 0 Å². The first-order valence-electron chi connectivity index (χ1n) is 7.35. The molecule has 1 saturated carbocycles. The number of benzene rings is 1. The van der Waals surface area contributed by atoms with Crippen LogP contribution in [0.1, 0.15) is 50.7 Å². The second-order valence-corrected chi connectivity index (χ2v) is 6.68. The molecule has 0 spiro atoms. The van der Waals surface area contributed by atoms with E-state index in [-0.39, 0.29) is 0 Å². The van der Waals surface area contributed by atoms with E-state index in [0.29, 0.717) is 5.41 Å². The van der Waals surface area contributed by atoms with Gasteiger partial charge in [-0.25, -0.2) is 0 Å². The molecular weight excluding hydrogens is 216 g/mol. The quantitative estimate of drug-likeness (QED) is 0.631. The molecule has 3 unspecified atom stereocenters. The molecule has 3 rings (SSSR count). The van der Waals surface area contributed by atoms with E-state index in [2.05, 4.69) is 51.1 Å². The van der Waals surface area contributed by atoms with Crippen LogP contribution in [0.15, 0.2) is 30.3 Å². The van der Waals surface area contributed by atoms with E-state index >= 15 is 0 Å². The van der Waals surface area contributed by atoms with E-state index in [1.807, 2.05) is 0 Å². The van der Waals surface area contributed by atoms with Gasteiger partial charge >= 0.3 is 0 Å². The summed E-state index contributed by atoms with van der Waals surface area (Å²) in [6.07, 6.45) is 7.95. The van der Waals surface area contributed by atoms with Gasteiger partial charge in [0.15, 0.2) is 0 Å². The van der Waals surface area contributed by atoms with Crippen LogP contribution in [0.2, 0.25) is 0 Å². The predicted octanol–water partition coefficient (Wildman–Crippen LogP) is 5.22. The normalized spacial score (nSPS) is 35.2. The molecule has 0 N–H and O–H groups in total. The van der Waals surface area contributed by atoms with Crippen LogP contribution in [-0.4, -0.2) is 0 Å². The molecular formula is C18H24. The molecule has 0 aromatic heterocycles. The molecule has 2 aliphatic carbocycles. The monoisotopic (exact) mass is 240 g/mol. The summed E-state index contributed by atoms with van der Waals surface area (Å²) in [4.78, 5) is 0. The zero-order chi connectivity index (χ0) is 12.8. The minimum absolute atomic E-state index is 0.578. The highest BCUT2D eigenvalue weighted by atomic mass is 14.5. The van der Waals surface area contributed by atoms with Crippen molar-refractivity contribution in [2.75, 3.05) is 0 Å². The van der Waals surface area contributed by atoms with Crippen LogP contribution in [0, 0.1) is 24.2 Å². The fraction of sp³-hybridized carbons (Fsp3) is 0.556. The maximum atomic E-state index is 2.52. The standard InChI is InChI=1S/C18H24/c1-13-4-7-15(8-5-13)16-10-11-18(3)14(2)6-9-17(18)12-16/h4-5,7-8,10,14,17H,6,9,11-12H2,1-3H3. The number of hydrogen-bond donors (Lipinski definition) is 0. The van der Waals surface area contributed by atoms with Crippen LogP contribution in [0.4, 0.5) is 0 Å². The molecule has 0 nitrogen and oxygen atoms in total. The molecule has 3 atom stereocenters. The van der Waals surface area contributed by atoms with Crippen LogP contribution in [-0.2, 0) is 0 Å². The summed E-state index contributed by atoms with van der Waals surface area (Å²) < 4.78 is 0. The minimum Gasteiger partial charge on any atom is -0.0801 e. The summed E-state index contributed by atoms with van der Waals surface area (Å²) in [7, 11) is 0. The Bertz CT molecular complexity index is 465. The van der Waals surface area contributed by atoms with E-state index in [4.69, 9.17) is 0 Å². The minimum atomic E-state index is 0.578. The fourth-order valence-electron chi connectivity index (χ4n) is 3.91. The lowest BCUT2D eigenvalue weighted by molar-refractivity contribution is 0.168. The van der Waals surface area contributed by atoms with Crippen molar-refractivity contribution in [3.05, 3.63) is 41.5 Å².